The summed E-state index contributed by atoms with van der Waals surface area (Å²) in [6.07, 6.45) is -4.58. The van der Waals surface area contributed by atoms with Crippen LogP contribution in [0, 0.1) is 0 Å². The van der Waals surface area contributed by atoms with Crippen LogP contribution in [0.25, 0.3) is 0 Å². The second-order valence-corrected chi connectivity index (χ2v) is 7.19. The molecule has 2 heterocycles. The Kier molecular flexibility index (Phi) is 6.38. The molecule has 0 atom stereocenters. The number of aromatic nitrogens is 2. The molecular weight excluding hydrogens is 430 g/mol. The quantitative estimate of drug-likeness (QED) is 0.760. The van der Waals surface area contributed by atoms with Gasteiger partial charge in [-0.15, -0.1) is 0 Å². The van der Waals surface area contributed by atoms with Crippen molar-refractivity contribution in [2.24, 2.45) is 0 Å². The first kappa shape index (κ1) is 21.4. The summed E-state index contributed by atoms with van der Waals surface area (Å²) in [6, 6.07) is 5.57. The van der Waals surface area contributed by atoms with Gasteiger partial charge in [0.1, 0.15) is 5.82 Å². The van der Waals surface area contributed by atoms with Crippen LogP contribution in [-0.4, -0.2) is 53.5 Å². The number of halogens is 5. The minimum atomic E-state index is -4.58. The maximum atomic E-state index is 13.2. The molecule has 0 unspecified atom stereocenters. The highest BCUT2D eigenvalue weighted by atomic mass is 35.5. The summed E-state index contributed by atoms with van der Waals surface area (Å²) in [5.41, 5.74) is -0.601. The third-order valence-electron chi connectivity index (χ3n) is 4.40. The third-order valence-corrected chi connectivity index (χ3v) is 5.13. The number of hydrogen-bond acceptors (Lipinski definition) is 5. The summed E-state index contributed by atoms with van der Waals surface area (Å²) >= 11 is 11.8. The van der Waals surface area contributed by atoms with Gasteiger partial charge in [0.2, 0.25) is 5.95 Å². The summed E-state index contributed by atoms with van der Waals surface area (Å²) in [5, 5.41) is 3.36. The van der Waals surface area contributed by atoms with Crippen molar-refractivity contribution < 1.29 is 18.0 Å². The van der Waals surface area contributed by atoms with Crippen LogP contribution in [0.2, 0.25) is 10.0 Å². The van der Waals surface area contributed by atoms with Crippen LogP contribution in [0.15, 0.2) is 24.3 Å². The topological polar surface area (TPSA) is 61.4 Å². The maximum absolute atomic E-state index is 13.2. The standard InChI is InChI=1S/C18H18Cl2F3N5O/c1-2-24-17-25-14(18(21,22)23)10-15(26-17)27-5-7-28(8-6-27)16(29)11-3-4-12(19)13(20)9-11/h3-4,9-10H,2,5-8H2,1H3,(H,24,25,26). The first-order valence-electron chi connectivity index (χ1n) is 8.88. The molecule has 6 nitrogen and oxygen atoms in total. The fourth-order valence-corrected chi connectivity index (χ4v) is 3.23. The SMILES string of the molecule is CCNc1nc(N2CCN(C(=O)c3ccc(Cl)c(Cl)c3)CC2)cc(C(F)(F)F)n1. The van der Waals surface area contributed by atoms with Gasteiger partial charge >= 0.3 is 6.18 Å². The molecular formula is C18H18Cl2F3N5O. The molecule has 3 rings (SSSR count). The van der Waals surface area contributed by atoms with Gasteiger partial charge in [-0.3, -0.25) is 4.79 Å². The number of nitrogens with one attached hydrogen (secondary N) is 1. The first-order chi connectivity index (χ1) is 13.7. The molecule has 0 radical (unpaired) electrons. The van der Waals surface area contributed by atoms with Crippen molar-refractivity contribution in [3.8, 4) is 0 Å². The van der Waals surface area contributed by atoms with Gasteiger partial charge in [-0.05, 0) is 25.1 Å². The second kappa shape index (κ2) is 8.62. The average Bonchev–Trinajstić information content (AvgIpc) is 2.69. The predicted molar refractivity (Wildman–Crippen MR) is 106 cm³/mol. The normalized spacial score (nSPS) is 14.8. The Morgan fingerprint density at radius 2 is 1.79 bits per heavy atom. The lowest BCUT2D eigenvalue weighted by Crippen LogP contribution is -2.49. The zero-order valence-corrected chi connectivity index (χ0v) is 16.9. The van der Waals surface area contributed by atoms with E-state index in [0.717, 1.165) is 6.07 Å². The summed E-state index contributed by atoms with van der Waals surface area (Å²) in [5.74, 6) is -0.119. The Morgan fingerprint density at radius 1 is 1.10 bits per heavy atom. The number of rotatable bonds is 4. The largest absolute Gasteiger partial charge is 0.433 e. The van der Waals surface area contributed by atoms with E-state index in [-0.39, 0.29) is 22.7 Å². The van der Waals surface area contributed by atoms with E-state index in [1.165, 1.54) is 6.07 Å². The number of alkyl halides is 3. The van der Waals surface area contributed by atoms with Crippen LogP contribution < -0.4 is 10.2 Å². The zero-order chi connectivity index (χ0) is 21.2. The molecule has 1 aromatic carbocycles. The molecule has 1 saturated heterocycles. The van der Waals surface area contributed by atoms with Gasteiger partial charge in [0.05, 0.1) is 10.0 Å². The molecule has 2 aromatic rings. The van der Waals surface area contributed by atoms with Crippen molar-refractivity contribution in [2.45, 2.75) is 13.1 Å². The predicted octanol–water partition coefficient (Wildman–Crippen LogP) is 4.20. The molecule has 11 heteroatoms. The highest BCUT2D eigenvalue weighted by Crippen LogP contribution is 2.31. The number of piperazine rings is 1. The van der Waals surface area contributed by atoms with Gasteiger partial charge in [0.15, 0.2) is 5.69 Å². The number of carbonyl (C=O) groups is 1. The zero-order valence-electron chi connectivity index (χ0n) is 15.4. The fourth-order valence-electron chi connectivity index (χ4n) is 2.93. The molecule has 29 heavy (non-hydrogen) atoms. The van der Waals surface area contributed by atoms with Crippen molar-refractivity contribution in [1.29, 1.82) is 0 Å². The van der Waals surface area contributed by atoms with Crippen LogP contribution in [0.3, 0.4) is 0 Å². The lowest BCUT2D eigenvalue weighted by molar-refractivity contribution is -0.141. The van der Waals surface area contributed by atoms with E-state index in [1.807, 2.05) is 0 Å². The molecule has 0 spiro atoms. The molecule has 1 amide bonds. The smallest absolute Gasteiger partial charge is 0.354 e. The summed E-state index contributed by atoms with van der Waals surface area (Å²) < 4.78 is 39.5. The van der Waals surface area contributed by atoms with Crippen LogP contribution in [0.4, 0.5) is 24.9 Å². The van der Waals surface area contributed by atoms with Gasteiger partial charge in [-0.25, -0.2) is 4.98 Å². The van der Waals surface area contributed by atoms with E-state index in [9.17, 15) is 18.0 Å². The minimum Gasteiger partial charge on any atom is -0.354 e. The number of amides is 1. The van der Waals surface area contributed by atoms with E-state index in [1.54, 1.807) is 28.9 Å². The Hall–Kier alpha value is -2.26. The van der Waals surface area contributed by atoms with Crippen molar-refractivity contribution in [3.05, 3.63) is 45.6 Å². The maximum Gasteiger partial charge on any atom is 0.433 e. The highest BCUT2D eigenvalue weighted by Gasteiger charge is 2.34. The van der Waals surface area contributed by atoms with Crippen LogP contribution in [-0.2, 0) is 6.18 Å². The van der Waals surface area contributed by atoms with E-state index < -0.39 is 11.9 Å². The number of benzene rings is 1. The number of carbonyl (C=O) groups excluding carboxylic acids is 1. The monoisotopic (exact) mass is 447 g/mol. The van der Waals surface area contributed by atoms with Gasteiger partial charge in [-0.2, -0.15) is 18.2 Å². The Labute approximate surface area is 175 Å². The van der Waals surface area contributed by atoms with Crippen LogP contribution in [0.1, 0.15) is 23.0 Å². The Balaban J connectivity index is 1.74. The van der Waals surface area contributed by atoms with E-state index in [0.29, 0.717) is 43.3 Å². The molecule has 1 fully saturated rings. The van der Waals surface area contributed by atoms with Gasteiger partial charge in [0.25, 0.3) is 5.91 Å². The molecule has 1 aromatic heterocycles. The lowest BCUT2D eigenvalue weighted by Gasteiger charge is -2.35. The molecule has 156 valence electrons. The van der Waals surface area contributed by atoms with Crippen molar-refractivity contribution in [3.63, 3.8) is 0 Å². The first-order valence-corrected chi connectivity index (χ1v) is 9.64. The Bertz CT molecular complexity index is 902. The van der Waals surface area contributed by atoms with E-state index >= 15 is 0 Å². The lowest BCUT2D eigenvalue weighted by atomic mass is 10.2. The van der Waals surface area contributed by atoms with Gasteiger partial charge in [0, 0.05) is 44.4 Å². The number of anilines is 2. The van der Waals surface area contributed by atoms with E-state index in [2.05, 4.69) is 15.3 Å². The minimum absolute atomic E-state index is 0.0772. The van der Waals surface area contributed by atoms with Gasteiger partial charge < -0.3 is 15.1 Å². The van der Waals surface area contributed by atoms with Crippen LogP contribution in [0.5, 0.6) is 0 Å². The average molecular weight is 448 g/mol. The van der Waals surface area contributed by atoms with E-state index in [4.69, 9.17) is 23.2 Å². The van der Waals surface area contributed by atoms with Crippen LogP contribution >= 0.6 is 23.2 Å². The molecule has 0 bridgehead atoms. The van der Waals surface area contributed by atoms with Crippen molar-refractivity contribution in [1.82, 2.24) is 14.9 Å². The number of nitrogens with zero attached hydrogens (tertiary/aromatic N) is 4. The summed E-state index contributed by atoms with van der Waals surface area (Å²) in [7, 11) is 0. The molecule has 1 aliphatic rings. The molecule has 1 N–H and O–H groups in total. The number of hydrogen-bond donors (Lipinski definition) is 1. The Morgan fingerprint density at radius 3 is 2.38 bits per heavy atom. The van der Waals surface area contributed by atoms with Gasteiger partial charge in [-0.1, -0.05) is 23.2 Å². The van der Waals surface area contributed by atoms with Crippen molar-refractivity contribution in [2.75, 3.05) is 42.9 Å². The van der Waals surface area contributed by atoms with Crippen molar-refractivity contribution >= 4 is 40.9 Å². The highest BCUT2D eigenvalue weighted by molar-refractivity contribution is 6.42. The molecule has 1 aliphatic heterocycles. The fraction of sp³-hybridized carbons (Fsp3) is 0.389. The third kappa shape index (κ3) is 5.02. The summed E-state index contributed by atoms with van der Waals surface area (Å²) in [4.78, 5) is 23.7. The second-order valence-electron chi connectivity index (χ2n) is 6.37. The summed E-state index contributed by atoms with van der Waals surface area (Å²) in [6.45, 7) is 3.49. The molecule has 0 saturated carbocycles. The molecule has 0 aliphatic carbocycles.